The predicted molar refractivity (Wildman–Crippen MR) is 129 cm³/mol. The van der Waals surface area contributed by atoms with Crippen LogP contribution in [0, 0.1) is 18.7 Å². The van der Waals surface area contributed by atoms with Gasteiger partial charge in [0.25, 0.3) is 11.8 Å². The van der Waals surface area contributed by atoms with Crippen molar-refractivity contribution in [1.29, 1.82) is 0 Å². The van der Waals surface area contributed by atoms with Crippen LogP contribution in [0.2, 0.25) is 0 Å². The smallest absolute Gasteiger partial charge is 0.275 e. The average Bonchev–Trinajstić information content (AvgIpc) is 3.42. The highest BCUT2D eigenvalue weighted by molar-refractivity contribution is 8.15. The second-order valence-corrected chi connectivity index (χ2v) is 10.3. The van der Waals surface area contributed by atoms with Gasteiger partial charge in [0.05, 0.1) is 29.3 Å². The number of hydrogen-bond acceptors (Lipinski definition) is 11. The molecule has 5 rings (SSSR count). The number of anilines is 1. The summed E-state index contributed by atoms with van der Waals surface area (Å²) in [5, 5.41) is 6.81. The molecule has 36 heavy (non-hydrogen) atoms. The Bertz CT molecular complexity index is 1330. The highest BCUT2D eigenvalue weighted by Crippen LogP contribution is 2.66. The molecule has 2 aliphatic rings. The van der Waals surface area contributed by atoms with Crippen LogP contribution in [0.25, 0.3) is 0 Å². The molecule has 3 heterocycles. The van der Waals surface area contributed by atoms with Crippen molar-refractivity contribution < 1.29 is 23.2 Å². The number of methoxy groups -OCH3 is 1. The van der Waals surface area contributed by atoms with Gasteiger partial charge in [0.2, 0.25) is 5.88 Å². The molecule has 1 aliphatic carbocycles. The maximum absolute atomic E-state index is 15.0. The number of carbonyl (C=O) groups excluding carboxylic acids is 1. The van der Waals surface area contributed by atoms with Gasteiger partial charge in [-0.25, -0.2) is 14.4 Å². The fourth-order valence-corrected chi connectivity index (χ4v) is 6.01. The number of aryl methyl sites for hydroxylation is 1. The fourth-order valence-electron chi connectivity index (χ4n) is 4.56. The molecule has 3 atom stereocenters. The largest absolute Gasteiger partial charge is 0.466 e. The maximum atomic E-state index is 15.0. The minimum Gasteiger partial charge on any atom is -0.466 e. The van der Waals surface area contributed by atoms with Gasteiger partial charge in [0.1, 0.15) is 11.5 Å². The van der Waals surface area contributed by atoms with Gasteiger partial charge in [-0.3, -0.25) is 9.79 Å². The van der Waals surface area contributed by atoms with E-state index in [2.05, 4.69) is 30.4 Å². The summed E-state index contributed by atoms with van der Waals surface area (Å²) in [4.78, 5) is 29.6. The molecule has 3 aromatic rings. The molecule has 0 bridgehead atoms. The molecule has 2 aromatic heterocycles. The van der Waals surface area contributed by atoms with Crippen LogP contribution in [-0.4, -0.2) is 49.6 Å². The topological polar surface area (TPSA) is 151 Å². The number of carbonyl (C=O) groups is 1. The molecule has 1 fully saturated rings. The monoisotopic (exact) mass is 513 g/mol. The molecule has 3 N–H and O–H groups in total. The number of nitrogens with one attached hydrogen (secondary N) is 1. The Morgan fingerprint density at radius 1 is 1.36 bits per heavy atom. The van der Waals surface area contributed by atoms with Gasteiger partial charge >= 0.3 is 0 Å². The van der Waals surface area contributed by atoms with Gasteiger partial charge in [-0.1, -0.05) is 16.9 Å². The van der Waals surface area contributed by atoms with Crippen LogP contribution in [-0.2, 0) is 16.9 Å². The van der Waals surface area contributed by atoms with Crippen LogP contribution in [0.5, 0.6) is 5.88 Å². The Kier molecular flexibility index (Phi) is 6.12. The zero-order valence-corrected chi connectivity index (χ0v) is 20.6. The molecule has 13 heteroatoms. The Morgan fingerprint density at radius 3 is 2.89 bits per heavy atom. The van der Waals surface area contributed by atoms with Gasteiger partial charge in [-0.05, 0) is 38.5 Å². The molecule has 188 valence electrons. The first-order valence-corrected chi connectivity index (χ1v) is 11.9. The molecule has 0 spiro atoms. The number of ether oxygens (including phenoxy) is 2. The number of amides is 1. The van der Waals surface area contributed by atoms with Crippen molar-refractivity contribution in [2.45, 2.75) is 37.2 Å². The quantitative estimate of drug-likeness (QED) is 0.460. The fraction of sp³-hybridized carbons (Fsp3) is 0.391. The Balaban J connectivity index is 1.30. The standard InChI is InChI=1S/C23H24FN7O4S/c1-12-28-19(35-31-12)10-34-18-9-26-16(8-27-18)20(32)29-13-4-5-15(24)14(6-13)22(2)17-7-23(17,11-33-3)36-21(25)30-22/h4-6,8-9,17H,7,10-11H2,1-3H3,(H2,25,30)(H,29,32)/t17-,22-,23+/m0/s1. The lowest BCUT2D eigenvalue weighted by Gasteiger charge is -2.34. The van der Waals surface area contributed by atoms with E-state index >= 15 is 4.39 Å². The molecule has 0 unspecified atom stereocenters. The van der Waals surface area contributed by atoms with Crippen LogP contribution in [0.4, 0.5) is 10.1 Å². The zero-order valence-electron chi connectivity index (χ0n) is 19.8. The van der Waals surface area contributed by atoms with Gasteiger partial charge in [-0.2, -0.15) is 4.98 Å². The van der Waals surface area contributed by atoms with Crippen molar-refractivity contribution in [1.82, 2.24) is 20.1 Å². The number of aromatic nitrogens is 4. The summed E-state index contributed by atoms with van der Waals surface area (Å²) in [6, 6.07) is 4.39. The molecule has 1 aromatic carbocycles. The number of halogens is 1. The lowest BCUT2D eigenvalue weighted by Crippen LogP contribution is -2.37. The SMILES string of the molecule is COC[C@]12C[C@H]1[C@](C)(c1cc(NC(=O)c3cnc(OCc4nc(C)no4)cn3)ccc1F)N=C(N)S2. The van der Waals surface area contributed by atoms with E-state index in [0.29, 0.717) is 34.7 Å². The van der Waals surface area contributed by atoms with Crippen LogP contribution >= 0.6 is 11.8 Å². The van der Waals surface area contributed by atoms with Crippen molar-refractivity contribution in [3.05, 3.63) is 59.4 Å². The zero-order chi connectivity index (χ0) is 25.5. The third-order valence-corrected chi connectivity index (χ3v) is 7.56. The summed E-state index contributed by atoms with van der Waals surface area (Å²) in [5.41, 5.74) is 6.06. The maximum Gasteiger partial charge on any atom is 0.275 e. The summed E-state index contributed by atoms with van der Waals surface area (Å²) in [6.07, 6.45) is 3.40. The molecule has 11 nitrogen and oxygen atoms in total. The second-order valence-electron chi connectivity index (χ2n) is 8.87. The summed E-state index contributed by atoms with van der Waals surface area (Å²) in [5.74, 6) is 0.103. The van der Waals surface area contributed by atoms with E-state index in [0.717, 1.165) is 6.42 Å². The van der Waals surface area contributed by atoms with Crippen LogP contribution in [0.1, 0.15) is 41.1 Å². The summed E-state index contributed by atoms with van der Waals surface area (Å²) < 4.78 is 30.6. The van der Waals surface area contributed by atoms with Gasteiger partial charge in [0, 0.05) is 24.3 Å². The summed E-state index contributed by atoms with van der Waals surface area (Å²) in [7, 11) is 1.64. The van der Waals surface area contributed by atoms with E-state index < -0.39 is 17.3 Å². The molecular weight excluding hydrogens is 489 g/mol. The van der Waals surface area contributed by atoms with Crippen molar-refractivity contribution in [3.8, 4) is 5.88 Å². The van der Waals surface area contributed by atoms with E-state index in [9.17, 15) is 4.79 Å². The highest BCUT2D eigenvalue weighted by Gasteiger charge is 2.66. The first kappa shape index (κ1) is 24.1. The van der Waals surface area contributed by atoms with Crippen LogP contribution in [0.3, 0.4) is 0 Å². The second kappa shape index (κ2) is 9.13. The molecule has 1 amide bonds. The van der Waals surface area contributed by atoms with Crippen molar-refractivity contribution in [2.75, 3.05) is 19.0 Å². The van der Waals surface area contributed by atoms with E-state index in [1.807, 2.05) is 6.92 Å². The summed E-state index contributed by atoms with van der Waals surface area (Å²) >= 11 is 1.48. The van der Waals surface area contributed by atoms with Gasteiger partial charge in [0.15, 0.2) is 17.6 Å². The number of rotatable bonds is 8. The Labute approximate surface area is 210 Å². The number of amidine groups is 1. The van der Waals surface area contributed by atoms with Crippen LogP contribution < -0.4 is 15.8 Å². The number of aliphatic imine (C=N–C) groups is 1. The van der Waals surface area contributed by atoms with Crippen molar-refractivity contribution >= 4 is 28.5 Å². The molecule has 1 aliphatic heterocycles. The van der Waals surface area contributed by atoms with E-state index in [4.69, 9.17) is 19.7 Å². The number of benzene rings is 1. The number of nitrogens with zero attached hydrogens (tertiary/aromatic N) is 5. The van der Waals surface area contributed by atoms with Crippen molar-refractivity contribution in [2.24, 2.45) is 16.6 Å². The van der Waals surface area contributed by atoms with Crippen LogP contribution in [0.15, 0.2) is 40.1 Å². The summed E-state index contributed by atoms with van der Waals surface area (Å²) in [6.45, 7) is 4.09. The average molecular weight is 514 g/mol. The van der Waals surface area contributed by atoms with Gasteiger partial charge in [-0.15, -0.1) is 0 Å². The Hall–Kier alpha value is -3.58. The lowest BCUT2D eigenvalue weighted by molar-refractivity contribution is 0.102. The Morgan fingerprint density at radius 2 is 2.19 bits per heavy atom. The number of nitrogens with two attached hydrogens (primary N) is 1. The van der Waals surface area contributed by atoms with E-state index in [1.54, 1.807) is 20.1 Å². The minimum atomic E-state index is -0.881. The van der Waals surface area contributed by atoms with E-state index in [1.165, 1.54) is 36.3 Å². The number of fused-ring (bicyclic) bond motifs is 1. The molecular formula is C23H24FN7O4S. The molecule has 1 saturated carbocycles. The highest BCUT2D eigenvalue weighted by atomic mass is 32.2. The predicted octanol–water partition coefficient (Wildman–Crippen LogP) is 2.82. The third kappa shape index (κ3) is 4.51. The first-order valence-electron chi connectivity index (χ1n) is 11.1. The van der Waals surface area contributed by atoms with E-state index in [-0.39, 0.29) is 28.8 Å². The number of hydrogen-bond donors (Lipinski definition) is 2. The molecule has 0 saturated heterocycles. The van der Waals surface area contributed by atoms with Gasteiger partial charge < -0.3 is 25.0 Å². The third-order valence-electron chi connectivity index (χ3n) is 6.29. The lowest BCUT2D eigenvalue weighted by atomic mass is 9.85. The number of thioether (sulfide) groups is 1. The normalized spacial score (nSPS) is 24.6. The first-order chi connectivity index (χ1) is 17.2. The molecule has 0 radical (unpaired) electrons. The van der Waals surface area contributed by atoms with Crippen molar-refractivity contribution in [3.63, 3.8) is 0 Å². The minimum absolute atomic E-state index is 0.0242.